The molecule has 0 aliphatic carbocycles. The number of amides is 1. The van der Waals surface area contributed by atoms with Gasteiger partial charge in [0.1, 0.15) is 0 Å². The van der Waals surface area contributed by atoms with Gasteiger partial charge in [0.15, 0.2) is 0 Å². The van der Waals surface area contributed by atoms with Crippen LogP contribution >= 0.6 is 0 Å². The van der Waals surface area contributed by atoms with Crippen molar-refractivity contribution in [1.82, 2.24) is 5.32 Å². The van der Waals surface area contributed by atoms with Gasteiger partial charge in [-0.25, -0.2) is 0 Å². The summed E-state index contributed by atoms with van der Waals surface area (Å²) in [6, 6.07) is 0. The first-order chi connectivity index (χ1) is 4.70. The van der Waals surface area contributed by atoms with E-state index in [2.05, 4.69) is 5.32 Å². The molecule has 1 unspecified atom stereocenters. The lowest BCUT2D eigenvalue weighted by Crippen LogP contribution is -2.39. The molecule has 0 aromatic rings. The Kier molecular flexibility index (Phi) is 4.58. The molecular formula is C7H14N2O. The predicted octanol–water partition coefficient (Wildman–Crippen LogP) is 0.373. The van der Waals surface area contributed by atoms with Crippen LogP contribution in [0.5, 0.6) is 0 Å². The summed E-state index contributed by atoms with van der Waals surface area (Å²) in [6.07, 6.45) is 3.67. The number of allylic oxidation sites excluding steroid dienone is 1. The van der Waals surface area contributed by atoms with E-state index in [1.165, 1.54) is 6.08 Å². The van der Waals surface area contributed by atoms with E-state index in [1.54, 1.807) is 13.0 Å². The van der Waals surface area contributed by atoms with Crippen LogP contribution in [0.25, 0.3) is 0 Å². The molecule has 3 heteroatoms. The summed E-state index contributed by atoms with van der Waals surface area (Å²) < 4.78 is 0. The van der Waals surface area contributed by atoms with Crippen molar-refractivity contribution in [3.05, 3.63) is 12.2 Å². The lowest BCUT2D eigenvalue weighted by atomic mass is 10.4. The quantitative estimate of drug-likeness (QED) is 0.442. The van der Waals surface area contributed by atoms with Gasteiger partial charge in [0.05, 0.1) is 6.17 Å². The fourth-order valence-electron chi connectivity index (χ4n) is 0.484. The van der Waals surface area contributed by atoms with Crippen LogP contribution < -0.4 is 11.1 Å². The van der Waals surface area contributed by atoms with Gasteiger partial charge in [-0.1, -0.05) is 13.0 Å². The van der Waals surface area contributed by atoms with Crippen LogP contribution in [0.1, 0.15) is 20.3 Å². The fourth-order valence-corrected chi connectivity index (χ4v) is 0.484. The van der Waals surface area contributed by atoms with Crippen molar-refractivity contribution in [3.63, 3.8) is 0 Å². The first kappa shape index (κ1) is 9.17. The fraction of sp³-hybridized carbons (Fsp3) is 0.571. The van der Waals surface area contributed by atoms with Gasteiger partial charge in [-0.15, -0.1) is 0 Å². The van der Waals surface area contributed by atoms with E-state index in [-0.39, 0.29) is 12.1 Å². The molecule has 0 bridgehead atoms. The van der Waals surface area contributed by atoms with Crippen LogP contribution in [0.3, 0.4) is 0 Å². The Morgan fingerprint density at radius 1 is 1.80 bits per heavy atom. The van der Waals surface area contributed by atoms with E-state index >= 15 is 0 Å². The molecule has 3 nitrogen and oxygen atoms in total. The summed E-state index contributed by atoms with van der Waals surface area (Å²) in [6.45, 7) is 3.71. The molecule has 0 saturated carbocycles. The predicted molar refractivity (Wildman–Crippen MR) is 41.2 cm³/mol. The third-order valence-corrected chi connectivity index (χ3v) is 1.09. The lowest BCUT2D eigenvalue weighted by Gasteiger charge is -2.08. The number of hydrogen-bond donors (Lipinski definition) is 2. The minimum atomic E-state index is -0.219. The number of carbonyl (C=O) groups excluding carboxylic acids is 1. The van der Waals surface area contributed by atoms with E-state index in [0.29, 0.717) is 0 Å². The average Bonchev–Trinajstić information content (AvgIpc) is 1.88. The molecule has 3 N–H and O–H groups in total. The third kappa shape index (κ3) is 4.09. The topological polar surface area (TPSA) is 55.1 Å². The molecule has 0 heterocycles. The summed E-state index contributed by atoms with van der Waals surface area (Å²) >= 11 is 0. The van der Waals surface area contributed by atoms with Crippen LogP contribution in [-0.2, 0) is 4.79 Å². The van der Waals surface area contributed by atoms with Gasteiger partial charge < -0.3 is 11.1 Å². The molecule has 0 aliphatic heterocycles. The summed E-state index contributed by atoms with van der Waals surface area (Å²) in [7, 11) is 0. The zero-order valence-corrected chi connectivity index (χ0v) is 6.42. The monoisotopic (exact) mass is 142 g/mol. The van der Waals surface area contributed by atoms with Crippen LogP contribution in [0.2, 0.25) is 0 Å². The zero-order chi connectivity index (χ0) is 7.98. The number of rotatable bonds is 3. The maximum Gasteiger partial charge on any atom is 0.244 e. The Labute approximate surface area is 61.3 Å². The van der Waals surface area contributed by atoms with Gasteiger partial charge in [0, 0.05) is 0 Å². The van der Waals surface area contributed by atoms with E-state index < -0.39 is 0 Å². The maximum atomic E-state index is 10.7. The Morgan fingerprint density at radius 2 is 2.40 bits per heavy atom. The Bertz CT molecular complexity index is 132. The first-order valence-corrected chi connectivity index (χ1v) is 3.39. The molecule has 0 aromatic carbocycles. The second-order valence-corrected chi connectivity index (χ2v) is 2.02. The van der Waals surface area contributed by atoms with Gasteiger partial charge in [-0.05, 0) is 19.4 Å². The van der Waals surface area contributed by atoms with Crippen molar-refractivity contribution >= 4 is 5.91 Å². The van der Waals surface area contributed by atoms with Crippen LogP contribution in [0.4, 0.5) is 0 Å². The molecule has 0 saturated heterocycles. The molecule has 10 heavy (non-hydrogen) atoms. The highest BCUT2D eigenvalue weighted by molar-refractivity contribution is 5.87. The van der Waals surface area contributed by atoms with Crippen LogP contribution in [0.15, 0.2) is 12.2 Å². The molecule has 0 radical (unpaired) electrons. The molecule has 0 rings (SSSR count). The number of hydrogen-bond acceptors (Lipinski definition) is 2. The van der Waals surface area contributed by atoms with Crippen molar-refractivity contribution in [3.8, 4) is 0 Å². The minimum absolute atomic E-state index is 0.128. The van der Waals surface area contributed by atoms with Crippen LogP contribution in [0, 0.1) is 0 Å². The van der Waals surface area contributed by atoms with Gasteiger partial charge in [0.2, 0.25) is 5.91 Å². The number of carbonyl (C=O) groups is 1. The highest BCUT2D eigenvalue weighted by Gasteiger charge is 1.99. The molecule has 1 atom stereocenters. The Morgan fingerprint density at radius 3 is 2.80 bits per heavy atom. The molecule has 58 valence electrons. The lowest BCUT2D eigenvalue weighted by molar-refractivity contribution is -0.117. The van der Waals surface area contributed by atoms with E-state index in [1.807, 2.05) is 6.92 Å². The van der Waals surface area contributed by atoms with E-state index in [9.17, 15) is 4.79 Å². The molecule has 0 spiro atoms. The van der Waals surface area contributed by atoms with Crippen molar-refractivity contribution < 1.29 is 4.79 Å². The van der Waals surface area contributed by atoms with Gasteiger partial charge in [0.25, 0.3) is 0 Å². The normalized spacial score (nSPS) is 13.5. The summed E-state index contributed by atoms with van der Waals surface area (Å²) in [5.74, 6) is -0.128. The van der Waals surface area contributed by atoms with E-state index in [4.69, 9.17) is 5.73 Å². The highest BCUT2D eigenvalue weighted by Crippen LogP contribution is 1.80. The zero-order valence-electron chi connectivity index (χ0n) is 6.42. The maximum absolute atomic E-state index is 10.7. The minimum Gasteiger partial charge on any atom is -0.337 e. The van der Waals surface area contributed by atoms with Crippen molar-refractivity contribution in [2.45, 2.75) is 26.4 Å². The standard InChI is InChI=1S/C7H14N2O/c1-3-5-7(10)9-6(8)4-2/h3,5-6H,4,8H2,1-2H3,(H,9,10)/b5-3+. The Balaban J connectivity index is 3.57. The van der Waals surface area contributed by atoms with Crippen molar-refractivity contribution in [2.75, 3.05) is 0 Å². The smallest absolute Gasteiger partial charge is 0.244 e. The third-order valence-electron chi connectivity index (χ3n) is 1.09. The van der Waals surface area contributed by atoms with Crippen molar-refractivity contribution in [2.24, 2.45) is 5.73 Å². The highest BCUT2D eigenvalue weighted by atomic mass is 16.1. The van der Waals surface area contributed by atoms with Gasteiger partial charge in [-0.3, -0.25) is 4.79 Å². The molecular weight excluding hydrogens is 128 g/mol. The van der Waals surface area contributed by atoms with Gasteiger partial charge in [-0.2, -0.15) is 0 Å². The molecule has 0 fully saturated rings. The Hall–Kier alpha value is -0.830. The summed E-state index contributed by atoms with van der Waals surface area (Å²) in [4.78, 5) is 10.7. The molecule has 1 amide bonds. The van der Waals surface area contributed by atoms with E-state index in [0.717, 1.165) is 6.42 Å². The second kappa shape index (κ2) is 4.99. The van der Waals surface area contributed by atoms with Crippen molar-refractivity contribution in [1.29, 1.82) is 0 Å². The summed E-state index contributed by atoms with van der Waals surface area (Å²) in [5.41, 5.74) is 5.44. The summed E-state index contributed by atoms with van der Waals surface area (Å²) in [5, 5.41) is 2.58. The number of nitrogens with one attached hydrogen (secondary N) is 1. The number of nitrogens with two attached hydrogens (primary N) is 1. The first-order valence-electron chi connectivity index (χ1n) is 3.39. The van der Waals surface area contributed by atoms with Crippen LogP contribution in [-0.4, -0.2) is 12.1 Å². The SMILES string of the molecule is C/C=C/C(=O)NC(N)CC. The van der Waals surface area contributed by atoms with Gasteiger partial charge >= 0.3 is 0 Å². The molecule has 0 aromatic heterocycles. The second-order valence-electron chi connectivity index (χ2n) is 2.02. The average molecular weight is 142 g/mol. The largest absolute Gasteiger partial charge is 0.337 e. The molecule has 0 aliphatic rings.